The average Bonchev–Trinajstić information content (AvgIpc) is 2.82. The highest BCUT2D eigenvalue weighted by Gasteiger charge is 2.15. The van der Waals surface area contributed by atoms with Crippen LogP contribution < -0.4 is 9.62 Å². The number of nitrogens with zero attached hydrogens (tertiary/aromatic N) is 2. The van der Waals surface area contributed by atoms with Crippen molar-refractivity contribution in [3.05, 3.63) is 89.8 Å². The lowest BCUT2D eigenvalue weighted by atomic mass is 10.2. The second kappa shape index (κ2) is 10.9. The molecule has 1 heterocycles. The van der Waals surface area contributed by atoms with Crippen molar-refractivity contribution in [2.75, 3.05) is 24.7 Å². The first kappa shape index (κ1) is 26.3. The number of benzene rings is 2. The molecule has 0 bridgehead atoms. The molecule has 184 valence electrons. The van der Waals surface area contributed by atoms with Crippen LogP contribution >= 0.6 is 0 Å². The summed E-state index contributed by atoms with van der Waals surface area (Å²) in [7, 11) is -5.41. The van der Waals surface area contributed by atoms with E-state index in [4.69, 9.17) is 0 Å². The van der Waals surface area contributed by atoms with E-state index >= 15 is 0 Å². The summed E-state index contributed by atoms with van der Waals surface area (Å²) in [5.74, 6) is -0.323. The van der Waals surface area contributed by atoms with Gasteiger partial charge in [0.2, 0.25) is 10.0 Å². The fourth-order valence-corrected chi connectivity index (χ4v) is 4.88. The molecule has 0 radical (unpaired) electrons. The van der Waals surface area contributed by atoms with Crippen molar-refractivity contribution in [3.8, 4) is 0 Å². The topological polar surface area (TPSA) is 114 Å². The van der Waals surface area contributed by atoms with Gasteiger partial charge in [-0.3, -0.25) is 9.78 Å². The second-order valence-electron chi connectivity index (χ2n) is 7.98. The molecule has 0 fully saturated rings. The van der Waals surface area contributed by atoms with Gasteiger partial charge >= 0.3 is 0 Å². The maximum absolute atomic E-state index is 12.6. The van der Waals surface area contributed by atoms with Crippen LogP contribution in [0.3, 0.4) is 0 Å². The van der Waals surface area contributed by atoms with Crippen LogP contribution in [0.15, 0.2) is 82.6 Å². The van der Waals surface area contributed by atoms with E-state index in [1.54, 1.807) is 37.4 Å². The summed E-state index contributed by atoms with van der Waals surface area (Å²) in [6.07, 6.45) is 4.54. The Morgan fingerprint density at radius 2 is 1.57 bits per heavy atom. The highest BCUT2D eigenvalue weighted by molar-refractivity contribution is 7.90. The number of rotatable bonds is 9. The Bertz CT molecular complexity index is 1430. The molecule has 0 saturated carbocycles. The molecule has 10 heteroatoms. The number of aryl methyl sites for hydroxylation is 1. The number of likely N-dealkylation sites (N-methyl/N-ethyl adjacent to an activating group) is 1. The molecular weight excluding hydrogens is 486 g/mol. The number of sulfonamides is 1. The maximum Gasteiger partial charge on any atom is 0.250 e. The quantitative estimate of drug-likeness (QED) is 0.440. The second-order valence-corrected chi connectivity index (χ2v) is 11.8. The van der Waals surface area contributed by atoms with E-state index in [2.05, 4.69) is 9.71 Å². The Morgan fingerprint density at radius 3 is 2.17 bits per heavy atom. The Hall–Kier alpha value is -3.34. The maximum atomic E-state index is 12.6. The van der Waals surface area contributed by atoms with Crippen molar-refractivity contribution in [1.29, 1.82) is 0 Å². The number of hydrogen-bond donors (Lipinski definition) is 1. The number of amides is 1. The van der Waals surface area contributed by atoms with Gasteiger partial charge < -0.3 is 4.90 Å². The van der Waals surface area contributed by atoms with E-state index in [0.717, 1.165) is 17.6 Å². The number of carbonyl (C=O) groups excluding carboxylic acids is 1. The van der Waals surface area contributed by atoms with Gasteiger partial charge in [0.25, 0.3) is 5.91 Å². The molecule has 0 saturated heterocycles. The van der Waals surface area contributed by atoms with E-state index in [-0.39, 0.29) is 22.2 Å². The smallest absolute Gasteiger partial charge is 0.250 e. The number of anilines is 1. The summed E-state index contributed by atoms with van der Waals surface area (Å²) in [6.45, 7) is 2.10. The largest absolute Gasteiger partial charge is 0.312 e. The summed E-state index contributed by atoms with van der Waals surface area (Å²) in [6, 6.07) is 17.8. The van der Waals surface area contributed by atoms with E-state index < -0.39 is 19.9 Å². The number of pyridine rings is 1. The standard InChI is InChI=1S/C25H27N3O5S2/c1-19-5-4-6-21(27-19)17-18-26-35(32,33)24-14-10-22(11-15-24)28(2)25(29)16-9-20-7-12-23(13-8-20)34(3,30)31/h4-16,26H,17-18H2,1-3H3/b16-9+. The zero-order valence-electron chi connectivity index (χ0n) is 19.7. The van der Waals surface area contributed by atoms with Crippen LogP contribution in [0.25, 0.3) is 6.08 Å². The molecule has 1 aromatic heterocycles. The summed E-state index contributed by atoms with van der Waals surface area (Å²) in [5, 5.41) is 0. The molecule has 1 amide bonds. The molecule has 0 aliphatic carbocycles. The van der Waals surface area contributed by atoms with E-state index in [0.29, 0.717) is 17.7 Å². The Kier molecular flexibility index (Phi) is 8.21. The third kappa shape index (κ3) is 7.32. The Labute approximate surface area is 206 Å². The van der Waals surface area contributed by atoms with Crippen LogP contribution in [-0.2, 0) is 31.1 Å². The van der Waals surface area contributed by atoms with Gasteiger partial charge in [0, 0.05) is 49.4 Å². The Balaban J connectivity index is 1.60. The van der Waals surface area contributed by atoms with Crippen molar-refractivity contribution in [2.24, 2.45) is 0 Å². The molecule has 0 aliphatic rings. The molecular formula is C25H27N3O5S2. The number of nitrogens with one attached hydrogen (secondary N) is 1. The van der Waals surface area contributed by atoms with Crippen molar-refractivity contribution in [1.82, 2.24) is 9.71 Å². The van der Waals surface area contributed by atoms with Crippen LogP contribution in [0.1, 0.15) is 17.0 Å². The first-order valence-corrected chi connectivity index (χ1v) is 14.1. The van der Waals surface area contributed by atoms with E-state index in [1.807, 2.05) is 25.1 Å². The predicted octanol–water partition coefficient (Wildman–Crippen LogP) is 2.99. The lowest BCUT2D eigenvalue weighted by molar-refractivity contribution is -0.113. The fourth-order valence-electron chi connectivity index (χ4n) is 3.22. The third-order valence-corrected chi connectivity index (χ3v) is 7.82. The van der Waals surface area contributed by atoms with Gasteiger partial charge in [-0.2, -0.15) is 0 Å². The van der Waals surface area contributed by atoms with Crippen LogP contribution in [0, 0.1) is 6.92 Å². The molecule has 0 spiro atoms. The highest BCUT2D eigenvalue weighted by atomic mass is 32.2. The van der Waals surface area contributed by atoms with Gasteiger partial charge in [-0.25, -0.2) is 21.6 Å². The van der Waals surface area contributed by atoms with Crippen molar-refractivity contribution >= 4 is 37.5 Å². The SMILES string of the molecule is Cc1cccc(CCNS(=O)(=O)c2ccc(N(C)C(=O)/C=C/c3ccc(S(C)(=O)=O)cc3)cc2)n1. The molecule has 8 nitrogen and oxygen atoms in total. The minimum atomic E-state index is -3.70. The summed E-state index contributed by atoms with van der Waals surface area (Å²) in [5.41, 5.74) is 2.88. The number of carbonyl (C=O) groups is 1. The van der Waals surface area contributed by atoms with Gasteiger partial charge in [0.15, 0.2) is 9.84 Å². The molecule has 2 aromatic carbocycles. The number of aromatic nitrogens is 1. The van der Waals surface area contributed by atoms with Gasteiger partial charge in [-0.05, 0) is 67.1 Å². The van der Waals surface area contributed by atoms with Gasteiger partial charge in [0.1, 0.15) is 0 Å². The normalized spacial score (nSPS) is 12.1. The van der Waals surface area contributed by atoms with Crippen LogP contribution in [0.4, 0.5) is 5.69 Å². The molecule has 3 rings (SSSR count). The van der Waals surface area contributed by atoms with Crippen LogP contribution in [-0.4, -0.2) is 47.6 Å². The van der Waals surface area contributed by atoms with Gasteiger partial charge in [-0.15, -0.1) is 0 Å². The summed E-state index contributed by atoms with van der Waals surface area (Å²) in [4.78, 5) is 18.6. The predicted molar refractivity (Wildman–Crippen MR) is 136 cm³/mol. The zero-order valence-corrected chi connectivity index (χ0v) is 21.3. The third-order valence-electron chi connectivity index (χ3n) is 5.21. The average molecular weight is 514 g/mol. The van der Waals surface area contributed by atoms with Gasteiger partial charge in [-0.1, -0.05) is 18.2 Å². The highest BCUT2D eigenvalue weighted by Crippen LogP contribution is 2.18. The number of sulfone groups is 1. The van der Waals surface area contributed by atoms with E-state index in [1.165, 1.54) is 35.2 Å². The van der Waals surface area contributed by atoms with Crippen molar-refractivity contribution < 1.29 is 21.6 Å². The first-order valence-electron chi connectivity index (χ1n) is 10.7. The minimum Gasteiger partial charge on any atom is -0.312 e. The molecule has 35 heavy (non-hydrogen) atoms. The molecule has 0 unspecified atom stereocenters. The minimum absolute atomic E-state index is 0.0980. The Morgan fingerprint density at radius 1 is 0.943 bits per heavy atom. The molecule has 1 N–H and O–H groups in total. The molecule has 3 aromatic rings. The summed E-state index contributed by atoms with van der Waals surface area (Å²) < 4.78 is 50.8. The molecule has 0 aliphatic heterocycles. The van der Waals surface area contributed by atoms with E-state index in [9.17, 15) is 21.6 Å². The summed E-state index contributed by atoms with van der Waals surface area (Å²) >= 11 is 0. The first-order chi connectivity index (χ1) is 16.5. The van der Waals surface area contributed by atoms with Crippen LogP contribution in [0.5, 0.6) is 0 Å². The fraction of sp³-hybridized carbons (Fsp3) is 0.200. The number of hydrogen-bond acceptors (Lipinski definition) is 6. The lowest BCUT2D eigenvalue weighted by Crippen LogP contribution is -2.27. The molecule has 0 atom stereocenters. The van der Waals surface area contributed by atoms with Crippen molar-refractivity contribution in [2.45, 2.75) is 23.1 Å². The zero-order chi connectivity index (χ0) is 25.6. The van der Waals surface area contributed by atoms with Crippen molar-refractivity contribution in [3.63, 3.8) is 0 Å². The lowest BCUT2D eigenvalue weighted by Gasteiger charge is -2.16. The van der Waals surface area contributed by atoms with Gasteiger partial charge in [0.05, 0.1) is 9.79 Å². The monoisotopic (exact) mass is 513 g/mol. The van der Waals surface area contributed by atoms with Crippen LogP contribution in [0.2, 0.25) is 0 Å².